The molecule has 2 rings (SSSR count). The monoisotopic (exact) mass is 231 g/mol. The van der Waals surface area contributed by atoms with Gasteiger partial charge in [0.05, 0.1) is 19.5 Å². The Morgan fingerprint density at radius 2 is 1.94 bits per heavy atom. The van der Waals surface area contributed by atoms with E-state index in [1.54, 1.807) is 13.2 Å². The topological polar surface area (TPSA) is 70.1 Å². The van der Waals surface area contributed by atoms with Crippen molar-refractivity contribution in [2.24, 2.45) is 5.73 Å². The molecule has 0 unspecified atom stereocenters. The zero-order valence-corrected chi connectivity index (χ0v) is 9.46. The van der Waals surface area contributed by atoms with Gasteiger partial charge in [-0.2, -0.15) is 5.10 Å². The van der Waals surface area contributed by atoms with Gasteiger partial charge in [-0.15, -0.1) is 0 Å². The number of ether oxygens (including phenoxy) is 1. The van der Waals surface area contributed by atoms with E-state index >= 15 is 0 Å². The van der Waals surface area contributed by atoms with E-state index in [1.165, 1.54) is 10.7 Å². The molecule has 0 amide bonds. The van der Waals surface area contributed by atoms with E-state index in [1.807, 2.05) is 24.3 Å². The van der Waals surface area contributed by atoms with E-state index < -0.39 is 0 Å². The van der Waals surface area contributed by atoms with Crippen molar-refractivity contribution in [2.45, 2.75) is 6.67 Å². The Balaban J connectivity index is 2.42. The fourth-order valence-corrected chi connectivity index (χ4v) is 1.50. The molecule has 0 spiro atoms. The normalized spacial score (nSPS) is 10.2. The summed E-state index contributed by atoms with van der Waals surface area (Å²) in [7, 11) is 1.61. The molecule has 88 valence electrons. The van der Waals surface area contributed by atoms with Crippen LogP contribution in [0.4, 0.5) is 0 Å². The minimum absolute atomic E-state index is 0.0723. The lowest BCUT2D eigenvalue weighted by Crippen LogP contribution is -2.25. The summed E-state index contributed by atoms with van der Waals surface area (Å²) in [5.41, 5.74) is 6.84. The number of methoxy groups -OCH3 is 1. The van der Waals surface area contributed by atoms with E-state index in [9.17, 15) is 4.79 Å². The summed E-state index contributed by atoms with van der Waals surface area (Å²) < 4.78 is 6.30. The standard InChI is InChI=1S/C12H13N3O2/c1-17-10-4-2-9(3-5-10)11-6-7-12(16)15(8-13)14-11/h2-7H,8,13H2,1H3. The Labute approximate surface area is 98.5 Å². The average Bonchev–Trinajstić information content (AvgIpc) is 2.39. The van der Waals surface area contributed by atoms with Crippen molar-refractivity contribution in [2.75, 3.05) is 7.11 Å². The maximum absolute atomic E-state index is 11.3. The molecule has 5 nitrogen and oxygen atoms in total. The first-order valence-electron chi connectivity index (χ1n) is 5.17. The molecule has 1 aromatic heterocycles. The summed E-state index contributed by atoms with van der Waals surface area (Å²) in [5, 5.41) is 4.15. The second-order valence-electron chi connectivity index (χ2n) is 3.47. The maximum atomic E-state index is 11.3. The molecule has 0 radical (unpaired) electrons. The third-order valence-corrected chi connectivity index (χ3v) is 2.43. The van der Waals surface area contributed by atoms with Gasteiger partial charge < -0.3 is 10.5 Å². The Morgan fingerprint density at radius 1 is 1.24 bits per heavy atom. The van der Waals surface area contributed by atoms with E-state index in [0.29, 0.717) is 5.69 Å². The molecule has 0 aliphatic rings. The molecule has 0 saturated carbocycles. The van der Waals surface area contributed by atoms with Gasteiger partial charge >= 0.3 is 0 Å². The van der Waals surface area contributed by atoms with Crippen LogP contribution < -0.4 is 16.0 Å². The zero-order valence-electron chi connectivity index (χ0n) is 9.46. The van der Waals surface area contributed by atoms with Crippen LogP contribution >= 0.6 is 0 Å². The number of benzene rings is 1. The third-order valence-electron chi connectivity index (χ3n) is 2.43. The van der Waals surface area contributed by atoms with Gasteiger partial charge in [-0.05, 0) is 30.3 Å². The molecule has 5 heteroatoms. The quantitative estimate of drug-likeness (QED) is 0.849. The van der Waals surface area contributed by atoms with Crippen LogP contribution in [0.5, 0.6) is 5.75 Å². The van der Waals surface area contributed by atoms with Crippen LogP contribution in [0.3, 0.4) is 0 Å². The lowest BCUT2D eigenvalue weighted by Gasteiger charge is -2.05. The first kappa shape index (κ1) is 11.3. The molecule has 1 aromatic carbocycles. The second kappa shape index (κ2) is 4.80. The van der Waals surface area contributed by atoms with Crippen LogP contribution in [-0.4, -0.2) is 16.9 Å². The number of hydrogen-bond donors (Lipinski definition) is 1. The van der Waals surface area contributed by atoms with Crippen LogP contribution in [0.2, 0.25) is 0 Å². The first-order valence-corrected chi connectivity index (χ1v) is 5.17. The Hall–Kier alpha value is -2.14. The lowest BCUT2D eigenvalue weighted by molar-refractivity contribution is 0.415. The van der Waals surface area contributed by atoms with Gasteiger partial charge in [0.15, 0.2) is 0 Å². The fraction of sp³-hybridized carbons (Fsp3) is 0.167. The van der Waals surface area contributed by atoms with Gasteiger partial charge in [0.25, 0.3) is 5.56 Å². The van der Waals surface area contributed by atoms with Crippen molar-refractivity contribution in [3.63, 3.8) is 0 Å². The highest BCUT2D eigenvalue weighted by Gasteiger charge is 2.02. The lowest BCUT2D eigenvalue weighted by atomic mass is 10.1. The summed E-state index contributed by atoms with van der Waals surface area (Å²) in [6.45, 7) is 0.0723. The smallest absolute Gasteiger partial charge is 0.267 e. The number of rotatable bonds is 3. The van der Waals surface area contributed by atoms with Crippen molar-refractivity contribution >= 4 is 0 Å². The molecule has 0 aliphatic carbocycles. The first-order chi connectivity index (χ1) is 8.24. The highest BCUT2D eigenvalue weighted by Crippen LogP contribution is 2.19. The van der Waals surface area contributed by atoms with Crippen LogP contribution in [0, 0.1) is 0 Å². The predicted octanol–water partition coefficient (Wildman–Crippen LogP) is 0.835. The Kier molecular flexibility index (Phi) is 3.20. The van der Waals surface area contributed by atoms with Crippen molar-refractivity contribution in [1.82, 2.24) is 9.78 Å². The average molecular weight is 231 g/mol. The molecule has 0 aliphatic heterocycles. The van der Waals surface area contributed by atoms with Crippen LogP contribution in [0.25, 0.3) is 11.3 Å². The van der Waals surface area contributed by atoms with E-state index in [-0.39, 0.29) is 12.2 Å². The van der Waals surface area contributed by atoms with Crippen LogP contribution in [-0.2, 0) is 6.67 Å². The largest absolute Gasteiger partial charge is 0.497 e. The summed E-state index contributed by atoms with van der Waals surface area (Å²) in [6.07, 6.45) is 0. The van der Waals surface area contributed by atoms with E-state index in [2.05, 4.69) is 5.10 Å². The van der Waals surface area contributed by atoms with Gasteiger partial charge in [-0.1, -0.05) is 0 Å². The maximum Gasteiger partial charge on any atom is 0.267 e. The highest BCUT2D eigenvalue weighted by molar-refractivity contribution is 5.59. The number of aromatic nitrogens is 2. The molecule has 0 saturated heterocycles. The minimum Gasteiger partial charge on any atom is -0.497 e. The minimum atomic E-state index is -0.204. The zero-order chi connectivity index (χ0) is 12.3. The fourth-order valence-electron chi connectivity index (χ4n) is 1.50. The van der Waals surface area contributed by atoms with Gasteiger partial charge in [-0.25, -0.2) is 4.68 Å². The Bertz CT molecular complexity index is 561. The summed E-state index contributed by atoms with van der Waals surface area (Å²) in [6, 6.07) is 10.6. The second-order valence-corrected chi connectivity index (χ2v) is 3.47. The van der Waals surface area contributed by atoms with Crippen molar-refractivity contribution in [3.8, 4) is 17.0 Å². The SMILES string of the molecule is COc1ccc(-c2ccc(=O)n(CN)n2)cc1. The van der Waals surface area contributed by atoms with Gasteiger partial charge in [0, 0.05) is 11.6 Å². The summed E-state index contributed by atoms with van der Waals surface area (Å²) >= 11 is 0. The number of hydrogen-bond acceptors (Lipinski definition) is 4. The third kappa shape index (κ3) is 2.34. The van der Waals surface area contributed by atoms with Gasteiger partial charge in [0.1, 0.15) is 5.75 Å². The molecular weight excluding hydrogens is 218 g/mol. The molecule has 0 fully saturated rings. The molecule has 0 atom stereocenters. The predicted molar refractivity (Wildman–Crippen MR) is 64.7 cm³/mol. The molecule has 17 heavy (non-hydrogen) atoms. The number of nitrogens with zero attached hydrogens (tertiary/aromatic N) is 2. The van der Waals surface area contributed by atoms with Crippen LogP contribution in [0.15, 0.2) is 41.2 Å². The van der Waals surface area contributed by atoms with Crippen molar-refractivity contribution < 1.29 is 4.74 Å². The van der Waals surface area contributed by atoms with Crippen molar-refractivity contribution in [3.05, 3.63) is 46.8 Å². The van der Waals surface area contributed by atoms with Crippen LogP contribution in [0.1, 0.15) is 0 Å². The van der Waals surface area contributed by atoms with Crippen molar-refractivity contribution in [1.29, 1.82) is 0 Å². The molecular formula is C12H13N3O2. The summed E-state index contributed by atoms with van der Waals surface area (Å²) in [4.78, 5) is 11.3. The van der Waals surface area contributed by atoms with E-state index in [0.717, 1.165) is 11.3 Å². The molecule has 2 aromatic rings. The summed E-state index contributed by atoms with van der Waals surface area (Å²) in [5.74, 6) is 0.779. The molecule has 0 bridgehead atoms. The number of nitrogens with two attached hydrogens (primary N) is 1. The van der Waals surface area contributed by atoms with Gasteiger partial charge in [0.2, 0.25) is 0 Å². The molecule has 1 heterocycles. The Morgan fingerprint density at radius 3 is 2.53 bits per heavy atom. The van der Waals surface area contributed by atoms with Gasteiger partial charge in [-0.3, -0.25) is 4.79 Å². The highest BCUT2D eigenvalue weighted by atomic mass is 16.5. The van der Waals surface area contributed by atoms with E-state index in [4.69, 9.17) is 10.5 Å². The molecule has 2 N–H and O–H groups in total.